The summed E-state index contributed by atoms with van der Waals surface area (Å²) in [6.07, 6.45) is 0. The lowest BCUT2D eigenvalue weighted by Gasteiger charge is -2.23. The van der Waals surface area contributed by atoms with Gasteiger partial charge < -0.3 is 10.0 Å². The van der Waals surface area contributed by atoms with Gasteiger partial charge in [-0.25, -0.2) is 0 Å². The van der Waals surface area contributed by atoms with Gasteiger partial charge >= 0.3 is 5.97 Å². The van der Waals surface area contributed by atoms with Crippen LogP contribution in [-0.4, -0.2) is 17.6 Å². The predicted octanol–water partition coefficient (Wildman–Crippen LogP) is 4.19. The maximum Gasteiger partial charge on any atom is 0.323 e. The molecule has 1 N–H and O–H groups in total. The summed E-state index contributed by atoms with van der Waals surface area (Å²) in [6, 6.07) is 15.0. The maximum absolute atomic E-state index is 11.0. The van der Waals surface area contributed by atoms with E-state index in [4.69, 9.17) is 16.7 Å². The van der Waals surface area contributed by atoms with E-state index in [0.29, 0.717) is 11.6 Å². The number of hydrogen-bond donors (Lipinski definition) is 1. The molecule has 0 fully saturated rings. The number of anilines is 1. The smallest absolute Gasteiger partial charge is 0.323 e. The van der Waals surface area contributed by atoms with Gasteiger partial charge in [0.15, 0.2) is 0 Å². The van der Waals surface area contributed by atoms with Crippen LogP contribution in [0.2, 0.25) is 5.02 Å². The van der Waals surface area contributed by atoms with Gasteiger partial charge in [-0.1, -0.05) is 45.7 Å². The lowest BCUT2D eigenvalue weighted by Crippen LogP contribution is -2.29. The molecule has 20 heavy (non-hydrogen) atoms. The van der Waals surface area contributed by atoms with Gasteiger partial charge in [0.2, 0.25) is 0 Å². The Labute approximate surface area is 130 Å². The first-order valence-electron chi connectivity index (χ1n) is 6.01. The number of benzene rings is 2. The van der Waals surface area contributed by atoms with Crippen molar-refractivity contribution in [2.24, 2.45) is 0 Å². The number of carboxylic acids is 1. The van der Waals surface area contributed by atoms with Crippen molar-refractivity contribution in [2.45, 2.75) is 6.54 Å². The van der Waals surface area contributed by atoms with E-state index >= 15 is 0 Å². The molecule has 0 heterocycles. The zero-order valence-corrected chi connectivity index (χ0v) is 12.9. The van der Waals surface area contributed by atoms with Crippen molar-refractivity contribution in [3.8, 4) is 0 Å². The second-order valence-corrected chi connectivity index (χ2v) is 5.71. The molecule has 0 atom stereocenters. The average Bonchev–Trinajstić information content (AvgIpc) is 2.40. The Balaban J connectivity index is 2.23. The highest BCUT2D eigenvalue weighted by Gasteiger charge is 2.11. The Hall–Kier alpha value is -1.52. The van der Waals surface area contributed by atoms with Crippen LogP contribution in [0.5, 0.6) is 0 Å². The molecule has 0 aromatic heterocycles. The molecule has 3 nitrogen and oxygen atoms in total. The third-order valence-electron chi connectivity index (χ3n) is 2.79. The number of nitrogens with zero attached hydrogens (tertiary/aromatic N) is 1. The quantitative estimate of drug-likeness (QED) is 0.875. The van der Waals surface area contributed by atoms with Gasteiger partial charge in [-0.2, -0.15) is 0 Å². The standard InChI is InChI=1S/C15H13BrClNO2/c16-12-6-4-11(5-7-12)9-18(10-15(19)20)14-3-1-2-13(17)8-14/h1-8H,9-10H2,(H,19,20). The van der Waals surface area contributed by atoms with Crippen molar-refractivity contribution in [1.29, 1.82) is 0 Å². The van der Waals surface area contributed by atoms with Crippen LogP contribution in [0.4, 0.5) is 5.69 Å². The minimum absolute atomic E-state index is 0.0730. The molecule has 0 aliphatic carbocycles. The molecule has 2 rings (SSSR count). The van der Waals surface area contributed by atoms with E-state index in [1.807, 2.05) is 36.4 Å². The third kappa shape index (κ3) is 4.25. The normalized spacial score (nSPS) is 10.3. The number of carboxylic acid groups (broad SMARTS) is 1. The van der Waals surface area contributed by atoms with Crippen LogP contribution in [0.3, 0.4) is 0 Å². The van der Waals surface area contributed by atoms with Crippen LogP contribution in [0.25, 0.3) is 0 Å². The van der Waals surface area contributed by atoms with E-state index in [9.17, 15) is 4.79 Å². The molecular weight excluding hydrogens is 342 g/mol. The fraction of sp³-hybridized carbons (Fsp3) is 0.133. The number of rotatable bonds is 5. The number of hydrogen-bond acceptors (Lipinski definition) is 2. The summed E-state index contributed by atoms with van der Waals surface area (Å²) < 4.78 is 0.994. The zero-order valence-electron chi connectivity index (χ0n) is 10.6. The van der Waals surface area contributed by atoms with E-state index < -0.39 is 5.97 Å². The number of carbonyl (C=O) groups is 1. The fourth-order valence-corrected chi connectivity index (χ4v) is 2.33. The SMILES string of the molecule is O=C(O)CN(Cc1ccc(Br)cc1)c1cccc(Cl)c1. The molecule has 0 saturated carbocycles. The number of aliphatic carboxylic acids is 1. The Bertz CT molecular complexity index is 601. The highest BCUT2D eigenvalue weighted by molar-refractivity contribution is 9.10. The monoisotopic (exact) mass is 353 g/mol. The zero-order chi connectivity index (χ0) is 14.5. The first kappa shape index (κ1) is 14.9. The molecule has 2 aromatic carbocycles. The first-order valence-corrected chi connectivity index (χ1v) is 7.18. The Morgan fingerprint density at radius 3 is 2.50 bits per heavy atom. The molecule has 0 radical (unpaired) electrons. The Morgan fingerprint density at radius 1 is 1.20 bits per heavy atom. The molecule has 0 unspecified atom stereocenters. The van der Waals surface area contributed by atoms with Crippen molar-refractivity contribution < 1.29 is 9.90 Å². The summed E-state index contributed by atoms with van der Waals surface area (Å²) in [7, 11) is 0. The van der Waals surface area contributed by atoms with Crippen LogP contribution in [0.15, 0.2) is 53.0 Å². The van der Waals surface area contributed by atoms with Gasteiger partial charge in [-0.3, -0.25) is 4.79 Å². The molecule has 0 aliphatic rings. The lowest BCUT2D eigenvalue weighted by atomic mass is 10.2. The van der Waals surface area contributed by atoms with E-state index in [2.05, 4.69) is 15.9 Å². The summed E-state index contributed by atoms with van der Waals surface area (Å²) in [5, 5.41) is 9.65. The van der Waals surface area contributed by atoms with Crippen LogP contribution in [0, 0.1) is 0 Å². The minimum Gasteiger partial charge on any atom is -0.480 e. The number of halogens is 2. The molecule has 0 bridgehead atoms. The first-order chi connectivity index (χ1) is 9.54. The van der Waals surface area contributed by atoms with Gasteiger partial charge in [0, 0.05) is 21.7 Å². The van der Waals surface area contributed by atoms with Gasteiger partial charge in [-0.05, 0) is 35.9 Å². The van der Waals surface area contributed by atoms with Crippen LogP contribution < -0.4 is 4.90 Å². The van der Waals surface area contributed by atoms with Crippen molar-refractivity contribution in [3.05, 3.63) is 63.6 Å². The summed E-state index contributed by atoms with van der Waals surface area (Å²) >= 11 is 9.35. The van der Waals surface area contributed by atoms with Gasteiger partial charge in [-0.15, -0.1) is 0 Å². The highest BCUT2D eigenvalue weighted by Crippen LogP contribution is 2.22. The van der Waals surface area contributed by atoms with E-state index in [0.717, 1.165) is 15.7 Å². The van der Waals surface area contributed by atoms with Crippen LogP contribution >= 0.6 is 27.5 Å². The van der Waals surface area contributed by atoms with E-state index in [-0.39, 0.29) is 6.54 Å². The van der Waals surface area contributed by atoms with Gasteiger partial charge in [0.05, 0.1) is 0 Å². The van der Waals surface area contributed by atoms with Crippen molar-refractivity contribution in [2.75, 3.05) is 11.4 Å². The van der Waals surface area contributed by atoms with Crippen LogP contribution in [0.1, 0.15) is 5.56 Å². The highest BCUT2D eigenvalue weighted by atomic mass is 79.9. The minimum atomic E-state index is -0.873. The molecule has 0 saturated heterocycles. The molecule has 0 amide bonds. The van der Waals surface area contributed by atoms with Crippen molar-refractivity contribution in [3.63, 3.8) is 0 Å². The van der Waals surface area contributed by atoms with Gasteiger partial charge in [0.25, 0.3) is 0 Å². The topological polar surface area (TPSA) is 40.5 Å². The van der Waals surface area contributed by atoms with Gasteiger partial charge in [0.1, 0.15) is 6.54 Å². The van der Waals surface area contributed by atoms with Crippen molar-refractivity contribution >= 4 is 39.2 Å². The molecule has 0 aliphatic heterocycles. The molecule has 2 aromatic rings. The average molecular weight is 355 g/mol. The Morgan fingerprint density at radius 2 is 1.90 bits per heavy atom. The summed E-state index contributed by atoms with van der Waals surface area (Å²) in [5.41, 5.74) is 1.83. The predicted molar refractivity (Wildman–Crippen MR) is 84.3 cm³/mol. The molecule has 0 spiro atoms. The van der Waals surface area contributed by atoms with E-state index in [1.54, 1.807) is 17.0 Å². The second-order valence-electron chi connectivity index (χ2n) is 4.36. The largest absolute Gasteiger partial charge is 0.480 e. The summed E-state index contributed by atoms with van der Waals surface area (Å²) in [6.45, 7) is 0.441. The molecule has 104 valence electrons. The summed E-state index contributed by atoms with van der Waals surface area (Å²) in [5.74, 6) is -0.873. The third-order valence-corrected chi connectivity index (χ3v) is 3.55. The fourth-order valence-electron chi connectivity index (χ4n) is 1.88. The van der Waals surface area contributed by atoms with E-state index in [1.165, 1.54) is 0 Å². The lowest BCUT2D eigenvalue weighted by molar-refractivity contribution is -0.135. The maximum atomic E-state index is 11.0. The Kier molecular flexibility index (Phi) is 5.04. The molecular formula is C15H13BrClNO2. The summed E-state index contributed by atoms with van der Waals surface area (Å²) in [4.78, 5) is 12.8. The molecule has 5 heteroatoms. The second kappa shape index (κ2) is 6.77. The van der Waals surface area contributed by atoms with Crippen LogP contribution in [-0.2, 0) is 11.3 Å². The van der Waals surface area contributed by atoms with Crippen molar-refractivity contribution in [1.82, 2.24) is 0 Å².